The Morgan fingerprint density at radius 2 is 1.89 bits per heavy atom. The molecule has 4 nitrogen and oxygen atoms in total. The summed E-state index contributed by atoms with van der Waals surface area (Å²) in [5, 5.41) is 28.9. The number of hydrogen-bond acceptors (Lipinski definition) is 4. The molecule has 1 aromatic carbocycles. The molecule has 2 N–H and O–H groups in total. The van der Waals surface area contributed by atoms with Crippen LogP contribution in [-0.4, -0.2) is 28.5 Å². The highest BCUT2D eigenvalue weighted by molar-refractivity contribution is 6.60. The summed E-state index contributed by atoms with van der Waals surface area (Å²) in [7, 11) is -1.49. The predicted octanol–water partition coefficient (Wildman–Crippen LogP) is 0.951. The average molecular weight is 265 g/mol. The second-order valence-electron chi connectivity index (χ2n) is 5.36. The molecule has 0 bridgehead atoms. The largest absolute Gasteiger partial charge is 0.493 e. The van der Waals surface area contributed by atoms with E-state index in [0.717, 1.165) is 6.07 Å². The van der Waals surface area contributed by atoms with Crippen LogP contribution in [0.3, 0.4) is 0 Å². The fourth-order valence-electron chi connectivity index (χ4n) is 1.35. The van der Waals surface area contributed by atoms with Crippen molar-refractivity contribution >= 4 is 12.6 Å². The molecule has 19 heavy (non-hydrogen) atoms. The normalized spacial score (nSPS) is 12.1. The monoisotopic (exact) mass is 265 g/mol. The Kier molecular flexibility index (Phi) is 4.36. The standard InChI is InChI=1S/C13H17BFNO3/c1-12(2,17)13(3,4)19-14(18)10-6-5-7-11(15)9(10)8-16/h5-7,17-18H,1-4H3. The molecule has 0 spiro atoms. The van der Waals surface area contributed by atoms with Crippen LogP contribution < -0.4 is 5.46 Å². The first-order valence-corrected chi connectivity index (χ1v) is 5.87. The smallest absolute Gasteiger partial charge is 0.423 e. The molecule has 6 heteroatoms. The van der Waals surface area contributed by atoms with Gasteiger partial charge in [-0.1, -0.05) is 12.1 Å². The average Bonchev–Trinajstić information content (AvgIpc) is 2.26. The van der Waals surface area contributed by atoms with Crippen molar-refractivity contribution in [3.05, 3.63) is 29.6 Å². The number of halogens is 1. The van der Waals surface area contributed by atoms with E-state index < -0.39 is 24.1 Å². The maximum absolute atomic E-state index is 13.4. The van der Waals surface area contributed by atoms with Crippen molar-refractivity contribution in [3.8, 4) is 6.07 Å². The molecule has 102 valence electrons. The first-order chi connectivity index (χ1) is 8.60. The van der Waals surface area contributed by atoms with Gasteiger partial charge in [0.05, 0.1) is 16.8 Å². The van der Waals surface area contributed by atoms with Gasteiger partial charge >= 0.3 is 7.12 Å². The van der Waals surface area contributed by atoms with Crippen LogP contribution in [0.2, 0.25) is 0 Å². The van der Waals surface area contributed by atoms with Crippen LogP contribution in [0.15, 0.2) is 18.2 Å². The molecule has 0 aliphatic rings. The predicted molar refractivity (Wildman–Crippen MR) is 70.2 cm³/mol. The number of hydrogen-bond donors (Lipinski definition) is 2. The summed E-state index contributed by atoms with van der Waals surface area (Å²) in [6, 6.07) is 5.62. The molecular weight excluding hydrogens is 248 g/mol. The van der Waals surface area contributed by atoms with E-state index in [1.807, 2.05) is 0 Å². The highest BCUT2D eigenvalue weighted by Gasteiger charge is 2.40. The Balaban J connectivity index is 3.07. The zero-order valence-electron chi connectivity index (χ0n) is 11.4. The lowest BCUT2D eigenvalue weighted by Gasteiger charge is -2.38. The summed E-state index contributed by atoms with van der Waals surface area (Å²) in [6.45, 7) is 6.27. The second kappa shape index (κ2) is 5.29. The van der Waals surface area contributed by atoms with Gasteiger partial charge in [0.15, 0.2) is 0 Å². The first-order valence-electron chi connectivity index (χ1n) is 5.87. The van der Waals surface area contributed by atoms with Crippen LogP contribution in [0.1, 0.15) is 33.3 Å². The maximum atomic E-state index is 13.4. The van der Waals surface area contributed by atoms with Crippen LogP contribution in [0.4, 0.5) is 4.39 Å². The molecule has 0 aliphatic carbocycles. The van der Waals surface area contributed by atoms with E-state index in [2.05, 4.69) is 0 Å². The highest BCUT2D eigenvalue weighted by atomic mass is 19.1. The Morgan fingerprint density at radius 3 is 2.37 bits per heavy atom. The molecule has 0 amide bonds. The van der Waals surface area contributed by atoms with E-state index in [0.29, 0.717) is 0 Å². The lowest BCUT2D eigenvalue weighted by molar-refractivity contribution is -0.0982. The zero-order chi connectivity index (χ0) is 14.8. The minimum absolute atomic E-state index is 0.0415. The van der Waals surface area contributed by atoms with E-state index >= 15 is 0 Å². The minimum Gasteiger partial charge on any atom is -0.423 e. The molecular formula is C13H17BFNO3. The van der Waals surface area contributed by atoms with E-state index in [1.165, 1.54) is 26.0 Å². The Bertz CT molecular complexity index is 506. The lowest BCUT2D eigenvalue weighted by atomic mass is 9.74. The number of nitriles is 1. The third-order valence-electron chi connectivity index (χ3n) is 3.30. The van der Waals surface area contributed by atoms with Crippen LogP contribution in [0, 0.1) is 17.1 Å². The topological polar surface area (TPSA) is 73.5 Å². The molecule has 0 aromatic heterocycles. The third-order valence-corrected chi connectivity index (χ3v) is 3.30. The van der Waals surface area contributed by atoms with Crippen molar-refractivity contribution in [3.63, 3.8) is 0 Å². The van der Waals surface area contributed by atoms with Crippen LogP contribution in [-0.2, 0) is 4.65 Å². The summed E-state index contributed by atoms with van der Waals surface area (Å²) in [5.41, 5.74) is -2.51. The van der Waals surface area contributed by atoms with Gasteiger partial charge in [-0.3, -0.25) is 0 Å². The van der Waals surface area contributed by atoms with E-state index in [1.54, 1.807) is 19.9 Å². The summed E-state index contributed by atoms with van der Waals surface area (Å²) < 4.78 is 18.8. The van der Waals surface area contributed by atoms with Crippen molar-refractivity contribution in [2.24, 2.45) is 0 Å². The van der Waals surface area contributed by atoms with Crippen LogP contribution >= 0.6 is 0 Å². The van der Waals surface area contributed by atoms with Gasteiger partial charge in [0.25, 0.3) is 0 Å². The zero-order valence-corrected chi connectivity index (χ0v) is 11.4. The van der Waals surface area contributed by atoms with Gasteiger partial charge in [-0.25, -0.2) is 4.39 Å². The molecule has 1 rings (SSSR count). The summed E-state index contributed by atoms with van der Waals surface area (Å²) in [6.07, 6.45) is 0. The Morgan fingerprint density at radius 1 is 1.32 bits per heavy atom. The number of aliphatic hydroxyl groups is 1. The first kappa shape index (κ1) is 15.6. The van der Waals surface area contributed by atoms with Crippen molar-refractivity contribution in [2.75, 3.05) is 0 Å². The van der Waals surface area contributed by atoms with Crippen molar-refractivity contribution < 1.29 is 19.2 Å². The van der Waals surface area contributed by atoms with Crippen molar-refractivity contribution in [1.82, 2.24) is 0 Å². The summed E-state index contributed by atoms with van der Waals surface area (Å²) in [5.74, 6) is -0.719. The second-order valence-corrected chi connectivity index (χ2v) is 5.36. The van der Waals surface area contributed by atoms with Gasteiger partial charge in [0, 0.05) is 5.46 Å². The molecule has 0 atom stereocenters. The van der Waals surface area contributed by atoms with Gasteiger partial charge in [-0.2, -0.15) is 5.26 Å². The van der Waals surface area contributed by atoms with E-state index in [-0.39, 0.29) is 11.0 Å². The molecule has 0 saturated heterocycles. The van der Waals surface area contributed by atoms with Crippen LogP contribution in [0.5, 0.6) is 0 Å². The van der Waals surface area contributed by atoms with Crippen LogP contribution in [0.25, 0.3) is 0 Å². The summed E-state index contributed by atoms with van der Waals surface area (Å²) in [4.78, 5) is 0. The minimum atomic E-state index is -1.49. The Labute approximate surface area is 112 Å². The maximum Gasteiger partial charge on any atom is 0.493 e. The molecule has 0 fully saturated rings. The fraction of sp³-hybridized carbons (Fsp3) is 0.462. The molecule has 0 aliphatic heterocycles. The lowest BCUT2D eigenvalue weighted by Crippen LogP contribution is -2.53. The van der Waals surface area contributed by atoms with Crippen molar-refractivity contribution in [2.45, 2.75) is 38.9 Å². The molecule has 0 unspecified atom stereocenters. The quantitative estimate of drug-likeness (QED) is 0.795. The van der Waals surface area contributed by atoms with E-state index in [4.69, 9.17) is 9.92 Å². The van der Waals surface area contributed by atoms with E-state index in [9.17, 15) is 14.5 Å². The highest BCUT2D eigenvalue weighted by Crippen LogP contribution is 2.25. The molecule has 0 saturated carbocycles. The molecule has 1 aromatic rings. The number of rotatable bonds is 4. The van der Waals surface area contributed by atoms with Gasteiger partial charge in [0.2, 0.25) is 0 Å². The number of nitrogens with zero attached hydrogens (tertiary/aromatic N) is 1. The summed E-state index contributed by atoms with van der Waals surface area (Å²) >= 11 is 0. The Hall–Kier alpha value is -1.42. The van der Waals surface area contributed by atoms with Crippen molar-refractivity contribution in [1.29, 1.82) is 5.26 Å². The van der Waals surface area contributed by atoms with Gasteiger partial charge < -0.3 is 14.8 Å². The number of benzene rings is 1. The van der Waals surface area contributed by atoms with Gasteiger partial charge in [-0.15, -0.1) is 0 Å². The SMILES string of the molecule is CC(C)(O)C(C)(C)OB(O)c1cccc(F)c1C#N. The van der Waals surface area contributed by atoms with Gasteiger partial charge in [-0.05, 0) is 33.8 Å². The third kappa shape index (κ3) is 3.32. The molecule has 0 radical (unpaired) electrons. The molecule has 0 heterocycles. The van der Waals surface area contributed by atoms with Gasteiger partial charge in [0.1, 0.15) is 11.9 Å². The fourth-order valence-corrected chi connectivity index (χ4v) is 1.35.